The average Bonchev–Trinajstić information content (AvgIpc) is 2.31. The fourth-order valence-corrected chi connectivity index (χ4v) is 2.25. The molecular formula is C16H33NO3. The Balaban J connectivity index is 4.36. The Kier molecular flexibility index (Phi) is 8.86. The largest absolute Gasteiger partial charge is 0.444 e. The summed E-state index contributed by atoms with van der Waals surface area (Å²) in [5.41, 5.74) is -0.450. The third-order valence-corrected chi connectivity index (χ3v) is 3.48. The number of alkyl carbamates (subject to hydrolysis) is 1. The van der Waals surface area contributed by atoms with Gasteiger partial charge in [0.25, 0.3) is 0 Å². The number of nitrogens with one attached hydrogen (secondary N) is 1. The summed E-state index contributed by atoms with van der Waals surface area (Å²) in [7, 11) is 0. The molecule has 0 aromatic heterocycles. The van der Waals surface area contributed by atoms with E-state index in [2.05, 4.69) is 26.1 Å². The third-order valence-electron chi connectivity index (χ3n) is 3.48. The first kappa shape index (κ1) is 19.2. The van der Waals surface area contributed by atoms with Crippen molar-refractivity contribution in [3.05, 3.63) is 0 Å². The van der Waals surface area contributed by atoms with E-state index in [0.717, 1.165) is 19.4 Å². The maximum absolute atomic E-state index is 11.7. The molecule has 3 atom stereocenters. The van der Waals surface area contributed by atoms with E-state index in [4.69, 9.17) is 9.47 Å². The second kappa shape index (κ2) is 9.22. The van der Waals surface area contributed by atoms with E-state index in [1.807, 2.05) is 27.7 Å². The summed E-state index contributed by atoms with van der Waals surface area (Å²) >= 11 is 0. The van der Waals surface area contributed by atoms with Crippen LogP contribution in [0.4, 0.5) is 4.79 Å². The molecular weight excluding hydrogens is 254 g/mol. The number of hydrogen-bond acceptors (Lipinski definition) is 3. The molecule has 0 aliphatic heterocycles. The fourth-order valence-electron chi connectivity index (χ4n) is 2.25. The molecule has 20 heavy (non-hydrogen) atoms. The second-order valence-electron chi connectivity index (χ2n) is 6.45. The smallest absolute Gasteiger partial charge is 0.407 e. The van der Waals surface area contributed by atoms with Crippen LogP contribution in [0.3, 0.4) is 0 Å². The normalized spacial score (nSPS) is 16.4. The van der Waals surface area contributed by atoms with Crippen molar-refractivity contribution in [2.45, 2.75) is 73.0 Å². The molecule has 4 heteroatoms. The Morgan fingerprint density at radius 3 is 2.25 bits per heavy atom. The molecule has 1 amide bonds. The van der Waals surface area contributed by atoms with Crippen molar-refractivity contribution >= 4 is 6.09 Å². The third kappa shape index (κ3) is 8.41. The van der Waals surface area contributed by atoms with Gasteiger partial charge in [0, 0.05) is 13.2 Å². The Morgan fingerprint density at radius 1 is 1.20 bits per heavy atom. The van der Waals surface area contributed by atoms with Crippen LogP contribution >= 0.6 is 0 Å². The molecule has 3 unspecified atom stereocenters. The quantitative estimate of drug-likeness (QED) is 0.734. The van der Waals surface area contributed by atoms with Gasteiger partial charge in [-0.15, -0.1) is 0 Å². The number of carbonyl (C=O) groups excluding carboxylic acids is 1. The summed E-state index contributed by atoms with van der Waals surface area (Å²) < 4.78 is 10.9. The van der Waals surface area contributed by atoms with E-state index in [0.29, 0.717) is 18.4 Å². The highest BCUT2D eigenvalue weighted by Crippen LogP contribution is 2.22. The summed E-state index contributed by atoms with van der Waals surface area (Å²) in [5, 5.41) is 2.89. The van der Waals surface area contributed by atoms with E-state index in [1.54, 1.807) is 0 Å². The monoisotopic (exact) mass is 287 g/mol. The van der Waals surface area contributed by atoms with Gasteiger partial charge in [-0.2, -0.15) is 0 Å². The van der Waals surface area contributed by atoms with Crippen molar-refractivity contribution in [3.63, 3.8) is 0 Å². The number of amides is 1. The minimum atomic E-state index is -0.450. The SMILES string of the molecule is CCCC(CNC(=O)OC(C)(C)C)C(C)C(C)OCC. The Hall–Kier alpha value is -0.770. The van der Waals surface area contributed by atoms with Crippen molar-refractivity contribution in [3.8, 4) is 0 Å². The van der Waals surface area contributed by atoms with Crippen LogP contribution in [0.1, 0.15) is 61.3 Å². The molecule has 0 radical (unpaired) electrons. The zero-order valence-electron chi connectivity index (χ0n) is 14.3. The molecule has 0 rings (SSSR count). The lowest BCUT2D eigenvalue weighted by Crippen LogP contribution is -2.38. The van der Waals surface area contributed by atoms with Gasteiger partial charge in [-0.1, -0.05) is 20.3 Å². The maximum Gasteiger partial charge on any atom is 0.407 e. The molecule has 1 N–H and O–H groups in total. The first-order valence-electron chi connectivity index (χ1n) is 7.79. The van der Waals surface area contributed by atoms with E-state index in [1.165, 1.54) is 0 Å². The Morgan fingerprint density at radius 2 is 1.80 bits per heavy atom. The maximum atomic E-state index is 11.7. The summed E-state index contributed by atoms with van der Waals surface area (Å²) in [5.74, 6) is 0.818. The number of ether oxygens (including phenoxy) is 2. The molecule has 120 valence electrons. The van der Waals surface area contributed by atoms with E-state index in [-0.39, 0.29) is 12.2 Å². The predicted molar refractivity (Wildman–Crippen MR) is 82.9 cm³/mol. The first-order valence-corrected chi connectivity index (χ1v) is 7.79. The molecule has 0 aromatic carbocycles. The minimum Gasteiger partial charge on any atom is -0.444 e. The van der Waals surface area contributed by atoms with Gasteiger partial charge in [0.2, 0.25) is 0 Å². The summed E-state index contributed by atoms with van der Waals surface area (Å²) in [6, 6.07) is 0. The van der Waals surface area contributed by atoms with Crippen LogP contribution in [0.2, 0.25) is 0 Å². The van der Waals surface area contributed by atoms with Crippen LogP contribution in [0.5, 0.6) is 0 Å². The summed E-state index contributed by atoms with van der Waals surface area (Å²) in [6.07, 6.45) is 2.05. The van der Waals surface area contributed by atoms with Gasteiger partial charge in [-0.3, -0.25) is 0 Å². The minimum absolute atomic E-state index is 0.206. The highest BCUT2D eigenvalue weighted by molar-refractivity contribution is 5.67. The van der Waals surface area contributed by atoms with Gasteiger partial charge >= 0.3 is 6.09 Å². The first-order chi connectivity index (χ1) is 9.21. The lowest BCUT2D eigenvalue weighted by molar-refractivity contribution is 0.0146. The molecule has 0 saturated carbocycles. The number of hydrogen-bond donors (Lipinski definition) is 1. The topological polar surface area (TPSA) is 47.6 Å². The Labute approximate surface area is 124 Å². The van der Waals surface area contributed by atoms with E-state index >= 15 is 0 Å². The Bertz CT molecular complexity index is 273. The van der Waals surface area contributed by atoms with Gasteiger partial charge in [-0.05, 0) is 52.9 Å². The van der Waals surface area contributed by atoms with Gasteiger partial charge in [0.1, 0.15) is 5.60 Å². The molecule has 0 aliphatic carbocycles. The van der Waals surface area contributed by atoms with Crippen LogP contribution in [0.15, 0.2) is 0 Å². The number of carbonyl (C=O) groups is 1. The highest BCUT2D eigenvalue weighted by atomic mass is 16.6. The van der Waals surface area contributed by atoms with Crippen LogP contribution in [0.25, 0.3) is 0 Å². The molecule has 0 aromatic rings. The molecule has 0 bridgehead atoms. The molecule has 0 heterocycles. The fraction of sp³-hybridized carbons (Fsp3) is 0.938. The average molecular weight is 287 g/mol. The van der Waals surface area contributed by atoms with Crippen molar-refractivity contribution in [1.29, 1.82) is 0 Å². The second-order valence-corrected chi connectivity index (χ2v) is 6.45. The van der Waals surface area contributed by atoms with E-state index in [9.17, 15) is 4.79 Å². The zero-order valence-corrected chi connectivity index (χ0v) is 14.3. The zero-order chi connectivity index (χ0) is 15.8. The predicted octanol–water partition coefficient (Wildman–Crippen LogP) is 3.99. The van der Waals surface area contributed by atoms with Gasteiger partial charge in [-0.25, -0.2) is 4.79 Å². The lowest BCUT2D eigenvalue weighted by Gasteiger charge is -2.29. The summed E-state index contributed by atoms with van der Waals surface area (Å²) in [6.45, 7) is 15.4. The van der Waals surface area contributed by atoms with Crippen LogP contribution in [-0.4, -0.2) is 30.9 Å². The van der Waals surface area contributed by atoms with Crippen molar-refractivity contribution in [2.24, 2.45) is 11.8 Å². The van der Waals surface area contributed by atoms with Gasteiger partial charge in [0.05, 0.1) is 6.10 Å². The van der Waals surface area contributed by atoms with E-state index < -0.39 is 5.60 Å². The summed E-state index contributed by atoms with van der Waals surface area (Å²) in [4.78, 5) is 11.7. The molecule has 4 nitrogen and oxygen atoms in total. The van der Waals surface area contributed by atoms with Crippen LogP contribution in [-0.2, 0) is 9.47 Å². The van der Waals surface area contributed by atoms with Crippen molar-refractivity contribution in [1.82, 2.24) is 5.32 Å². The lowest BCUT2D eigenvalue weighted by atomic mass is 9.86. The van der Waals surface area contributed by atoms with Crippen molar-refractivity contribution in [2.75, 3.05) is 13.2 Å². The van der Waals surface area contributed by atoms with Gasteiger partial charge < -0.3 is 14.8 Å². The van der Waals surface area contributed by atoms with Crippen LogP contribution < -0.4 is 5.32 Å². The van der Waals surface area contributed by atoms with Crippen LogP contribution in [0, 0.1) is 11.8 Å². The standard InChI is InChI=1S/C16H33NO3/c1-8-10-14(12(3)13(4)19-9-2)11-17-15(18)20-16(5,6)7/h12-14H,8-11H2,1-7H3,(H,17,18). The molecule has 0 saturated heterocycles. The van der Waals surface area contributed by atoms with Gasteiger partial charge in [0.15, 0.2) is 0 Å². The molecule has 0 spiro atoms. The molecule has 0 aliphatic rings. The molecule has 0 fully saturated rings. The highest BCUT2D eigenvalue weighted by Gasteiger charge is 2.24. The number of rotatable bonds is 8. The van der Waals surface area contributed by atoms with Crippen molar-refractivity contribution < 1.29 is 14.3 Å².